The van der Waals surface area contributed by atoms with Crippen molar-refractivity contribution in [3.63, 3.8) is 0 Å². The van der Waals surface area contributed by atoms with E-state index in [1.807, 2.05) is 42.5 Å². The zero-order chi connectivity index (χ0) is 21.9. The number of unbranched alkanes of at least 4 members (excludes halogenated alkanes) is 1. The van der Waals surface area contributed by atoms with Crippen LogP contribution < -0.4 is 9.47 Å². The first kappa shape index (κ1) is 21.9. The van der Waals surface area contributed by atoms with Crippen molar-refractivity contribution in [2.45, 2.75) is 19.8 Å². The summed E-state index contributed by atoms with van der Waals surface area (Å²) in [6.45, 7) is 2.78. The molecule has 158 valence electrons. The first-order chi connectivity index (χ1) is 15.1. The zero-order valence-corrected chi connectivity index (χ0v) is 17.2. The lowest BCUT2D eigenvalue weighted by Crippen LogP contribution is -2.05. The number of esters is 1. The van der Waals surface area contributed by atoms with Crippen LogP contribution in [0.3, 0.4) is 0 Å². The quantitative estimate of drug-likeness (QED) is 0.123. The second-order valence-corrected chi connectivity index (χ2v) is 6.68. The maximum Gasteiger partial charge on any atom is 0.336 e. The second-order valence-electron chi connectivity index (χ2n) is 6.68. The fourth-order valence-corrected chi connectivity index (χ4v) is 2.56. The molecule has 0 aliphatic rings. The van der Waals surface area contributed by atoms with Crippen LogP contribution in [0.15, 0.2) is 89.1 Å². The summed E-state index contributed by atoms with van der Waals surface area (Å²) in [7, 11) is 0. The molecule has 5 nitrogen and oxygen atoms in total. The van der Waals surface area contributed by atoms with E-state index in [1.165, 1.54) is 18.2 Å². The first-order valence-corrected chi connectivity index (χ1v) is 10.0. The number of hydrogen-bond acceptors (Lipinski definition) is 5. The van der Waals surface area contributed by atoms with Gasteiger partial charge in [0.2, 0.25) is 0 Å². The highest BCUT2D eigenvalue weighted by atomic mass is 19.1. The van der Waals surface area contributed by atoms with Gasteiger partial charge in [0.25, 0.3) is 0 Å². The van der Waals surface area contributed by atoms with Crippen LogP contribution in [-0.4, -0.2) is 12.6 Å². The molecule has 0 saturated carbocycles. The van der Waals surface area contributed by atoms with E-state index >= 15 is 0 Å². The lowest BCUT2D eigenvalue weighted by molar-refractivity contribution is -0.129. The van der Waals surface area contributed by atoms with E-state index in [-0.39, 0.29) is 5.75 Å². The maximum atomic E-state index is 14.3. The monoisotopic (exact) mass is 418 g/mol. The molecule has 0 heterocycles. The Labute approximate surface area is 180 Å². The summed E-state index contributed by atoms with van der Waals surface area (Å²) in [5.74, 6) is -0.767. The van der Waals surface area contributed by atoms with Crippen LogP contribution in [0.5, 0.6) is 11.5 Å². The third-order valence-electron chi connectivity index (χ3n) is 4.22. The van der Waals surface area contributed by atoms with Crippen molar-refractivity contribution in [1.82, 2.24) is 0 Å². The Kier molecular flexibility index (Phi) is 8.05. The highest BCUT2D eigenvalue weighted by molar-refractivity contribution is 5.88. The van der Waals surface area contributed by atoms with E-state index in [4.69, 9.17) is 9.47 Å². The van der Waals surface area contributed by atoms with Gasteiger partial charge in [-0.3, -0.25) is 0 Å². The minimum absolute atomic E-state index is 0.171. The van der Waals surface area contributed by atoms with Gasteiger partial charge in [0, 0.05) is 12.1 Å². The molecule has 0 amide bonds. The molecule has 0 N–H and O–H groups in total. The standard InChI is InChI=1S/C25H23FN2O3/c1-2-3-17-30-22-13-10-20(11-14-22)27-28-21-12-15-24(23(26)18-21)31-25(29)16-9-19-7-5-4-6-8-19/h4-16,18H,2-3,17H2,1H3/b16-9+,28-27?. The number of ether oxygens (including phenoxy) is 2. The molecular formula is C25H23FN2O3. The van der Waals surface area contributed by atoms with Crippen molar-refractivity contribution in [2.75, 3.05) is 6.61 Å². The predicted octanol–water partition coefficient (Wildman–Crippen LogP) is 7.04. The molecule has 6 heteroatoms. The van der Waals surface area contributed by atoms with Crippen molar-refractivity contribution in [1.29, 1.82) is 0 Å². The van der Waals surface area contributed by atoms with Gasteiger partial charge in [0.05, 0.1) is 18.0 Å². The van der Waals surface area contributed by atoms with Gasteiger partial charge in [0.15, 0.2) is 11.6 Å². The van der Waals surface area contributed by atoms with Crippen molar-refractivity contribution < 1.29 is 18.7 Å². The highest BCUT2D eigenvalue weighted by Crippen LogP contribution is 2.26. The molecular weight excluding hydrogens is 395 g/mol. The molecule has 0 radical (unpaired) electrons. The lowest BCUT2D eigenvalue weighted by Gasteiger charge is -2.05. The Morgan fingerprint density at radius 1 is 0.968 bits per heavy atom. The predicted molar refractivity (Wildman–Crippen MR) is 119 cm³/mol. The molecule has 0 saturated heterocycles. The van der Waals surface area contributed by atoms with Gasteiger partial charge in [-0.15, -0.1) is 0 Å². The summed E-state index contributed by atoms with van der Waals surface area (Å²) in [6, 6.07) is 20.5. The van der Waals surface area contributed by atoms with E-state index in [2.05, 4.69) is 17.2 Å². The molecule has 0 fully saturated rings. The first-order valence-electron chi connectivity index (χ1n) is 10.0. The van der Waals surface area contributed by atoms with Crippen LogP contribution in [0.2, 0.25) is 0 Å². The fourth-order valence-electron chi connectivity index (χ4n) is 2.56. The smallest absolute Gasteiger partial charge is 0.336 e. The molecule has 3 aromatic rings. The summed E-state index contributed by atoms with van der Waals surface area (Å²) in [5.41, 5.74) is 1.77. The van der Waals surface area contributed by atoms with Gasteiger partial charge in [-0.1, -0.05) is 43.7 Å². The summed E-state index contributed by atoms with van der Waals surface area (Å²) in [6.07, 6.45) is 4.92. The van der Waals surface area contributed by atoms with Crippen LogP contribution in [0.25, 0.3) is 6.08 Å². The van der Waals surface area contributed by atoms with E-state index in [0.29, 0.717) is 18.0 Å². The van der Waals surface area contributed by atoms with Gasteiger partial charge in [-0.05, 0) is 54.5 Å². The number of carbonyl (C=O) groups excluding carboxylic acids is 1. The molecule has 0 aromatic heterocycles. The van der Waals surface area contributed by atoms with Gasteiger partial charge in [-0.2, -0.15) is 10.2 Å². The van der Waals surface area contributed by atoms with Gasteiger partial charge in [0.1, 0.15) is 5.75 Å². The topological polar surface area (TPSA) is 60.3 Å². The minimum atomic E-state index is -0.697. The number of carbonyl (C=O) groups is 1. The molecule has 0 spiro atoms. The van der Waals surface area contributed by atoms with Crippen LogP contribution in [0.1, 0.15) is 25.3 Å². The van der Waals surface area contributed by atoms with Crippen LogP contribution in [-0.2, 0) is 4.79 Å². The van der Waals surface area contributed by atoms with Crippen LogP contribution >= 0.6 is 0 Å². The third-order valence-corrected chi connectivity index (χ3v) is 4.22. The summed E-state index contributed by atoms with van der Waals surface area (Å²) in [5, 5.41) is 8.12. The van der Waals surface area contributed by atoms with Gasteiger partial charge >= 0.3 is 5.97 Å². The molecule has 3 aromatic carbocycles. The average Bonchev–Trinajstić information content (AvgIpc) is 2.80. The fraction of sp³-hybridized carbons (Fsp3) is 0.160. The molecule has 3 rings (SSSR count). The molecule has 0 unspecified atom stereocenters. The number of benzene rings is 3. The minimum Gasteiger partial charge on any atom is -0.494 e. The zero-order valence-electron chi connectivity index (χ0n) is 17.2. The number of nitrogens with zero attached hydrogens (tertiary/aromatic N) is 2. The summed E-state index contributed by atoms with van der Waals surface area (Å²) in [4.78, 5) is 11.9. The SMILES string of the molecule is CCCCOc1ccc(N=Nc2ccc(OC(=O)/C=C/c3ccccc3)c(F)c2)cc1. The van der Waals surface area contributed by atoms with E-state index in [9.17, 15) is 9.18 Å². The Balaban J connectivity index is 1.57. The molecule has 31 heavy (non-hydrogen) atoms. The largest absolute Gasteiger partial charge is 0.494 e. The van der Waals surface area contributed by atoms with Crippen LogP contribution in [0.4, 0.5) is 15.8 Å². The number of rotatable bonds is 9. The van der Waals surface area contributed by atoms with Crippen LogP contribution in [0, 0.1) is 5.82 Å². The number of halogens is 1. The average molecular weight is 418 g/mol. The Morgan fingerprint density at radius 3 is 2.39 bits per heavy atom. The summed E-state index contributed by atoms with van der Waals surface area (Å²) >= 11 is 0. The van der Waals surface area contributed by atoms with E-state index in [0.717, 1.165) is 30.2 Å². The Hall–Kier alpha value is -3.80. The van der Waals surface area contributed by atoms with E-state index in [1.54, 1.807) is 18.2 Å². The molecule has 0 aliphatic heterocycles. The highest BCUT2D eigenvalue weighted by Gasteiger charge is 2.08. The Morgan fingerprint density at radius 2 is 1.68 bits per heavy atom. The van der Waals surface area contributed by atoms with Crippen molar-refractivity contribution in [3.8, 4) is 11.5 Å². The third kappa shape index (κ3) is 7.19. The normalized spacial score (nSPS) is 11.2. The maximum absolute atomic E-state index is 14.3. The second kappa shape index (κ2) is 11.4. The number of hydrogen-bond donors (Lipinski definition) is 0. The number of azo groups is 1. The molecule has 0 bridgehead atoms. The van der Waals surface area contributed by atoms with E-state index < -0.39 is 11.8 Å². The summed E-state index contributed by atoms with van der Waals surface area (Å²) < 4.78 is 24.9. The van der Waals surface area contributed by atoms with Crippen molar-refractivity contribution in [3.05, 3.63) is 90.3 Å². The van der Waals surface area contributed by atoms with Crippen molar-refractivity contribution in [2.24, 2.45) is 10.2 Å². The Bertz CT molecular complexity index is 1050. The van der Waals surface area contributed by atoms with Gasteiger partial charge < -0.3 is 9.47 Å². The molecule has 0 atom stereocenters. The lowest BCUT2D eigenvalue weighted by atomic mass is 10.2. The van der Waals surface area contributed by atoms with Gasteiger partial charge in [-0.25, -0.2) is 9.18 Å². The van der Waals surface area contributed by atoms with Crippen molar-refractivity contribution >= 4 is 23.4 Å². The molecule has 0 aliphatic carbocycles.